The average molecular weight is 354 g/mol. The molecule has 0 unspecified atom stereocenters. The first-order valence-electron chi connectivity index (χ1n) is 5.42. The first kappa shape index (κ1) is 16.0. The average Bonchev–Trinajstić information content (AvgIpc) is 2.75. The van der Waals surface area contributed by atoms with Gasteiger partial charge in [-0.05, 0) is 48.2 Å². The van der Waals surface area contributed by atoms with Gasteiger partial charge in [0.2, 0.25) is 0 Å². The molecule has 0 bridgehead atoms. The van der Waals surface area contributed by atoms with Crippen molar-refractivity contribution in [1.82, 2.24) is 0 Å². The molecule has 1 heterocycles. The second-order valence-corrected chi connectivity index (χ2v) is 6.63. The number of alkyl halides is 3. The van der Waals surface area contributed by atoms with Crippen LogP contribution < -0.4 is 10.1 Å². The molecule has 3 nitrogen and oxygen atoms in total. The molecule has 0 spiro atoms. The van der Waals surface area contributed by atoms with E-state index in [1.165, 1.54) is 23.5 Å². The van der Waals surface area contributed by atoms with Crippen LogP contribution in [0.15, 0.2) is 40.6 Å². The largest absolute Gasteiger partial charge is 0.573 e. The summed E-state index contributed by atoms with van der Waals surface area (Å²) < 4.78 is 41.0. The Morgan fingerprint density at radius 3 is 2.38 bits per heavy atom. The monoisotopic (exact) mass is 353 g/mol. The molecule has 0 aliphatic carbocycles. The molecule has 112 valence electrons. The number of halogens is 4. The van der Waals surface area contributed by atoms with Crippen molar-refractivity contribution < 1.29 is 22.7 Å². The molecule has 9 heteroatoms. The van der Waals surface area contributed by atoms with E-state index < -0.39 is 6.36 Å². The Hall–Kier alpha value is -1.38. The molecule has 0 radical (unpaired) electrons. The van der Waals surface area contributed by atoms with Crippen molar-refractivity contribution in [3.05, 3.63) is 40.7 Å². The molecule has 0 fully saturated rings. The van der Waals surface area contributed by atoms with Crippen LogP contribution in [0, 0.1) is 0 Å². The summed E-state index contributed by atoms with van der Waals surface area (Å²) in [7, 11) is 0. The lowest BCUT2D eigenvalue weighted by Crippen LogP contribution is -2.17. The number of carbonyl (C=O) groups is 1. The zero-order valence-electron chi connectivity index (χ0n) is 10.1. The highest BCUT2D eigenvalue weighted by Crippen LogP contribution is 2.31. The Kier molecular flexibility index (Phi) is 5.02. The highest BCUT2D eigenvalue weighted by molar-refractivity contribution is 8.15. The normalized spacial score (nSPS) is 11.2. The zero-order chi connectivity index (χ0) is 15.5. The Labute approximate surface area is 131 Å². The number of amides is 1. The van der Waals surface area contributed by atoms with Crippen molar-refractivity contribution in [3.63, 3.8) is 0 Å². The zero-order valence-corrected chi connectivity index (χ0v) is 12.5. The number of thiophene rings is 1. The fourth-order valence-electron chi connectivity index (χ4n) is 1.33. The van der Waals surface area contributed by atoms with Crippen LogP contribution in [0.2, 0.25) is 4.34 Å². The standard InChI is InChI=1S/C12H7ClF3NO2S2/c13-9-5-6-10(20-9)21-11(18)17-7-1-3-8(4-2-7)19-12(14,15)16/h1-6H,(H,17,18). The van der Waals surface area contributed by atoms with Crippen LogP contribution in [0.25, 0.3) is 0 Å². The van der Waals surface area contributed by atoms with Gasteiger partial charge in [0.25, 0.3) is 5.24 Å². The third-order valence-electron chi connectivity index (χ3n) is 2.08. The molecule has 0 saturated heterocycles. The maximum absolute atomic E-state index is 12.0. The summed E-state index contributed by atoms with van der Waals surface area (Å²) >= 11 is 7.95. The van der Waals surface area contributed by atoms with Gasteiger partial charge in [-0.15, -0.1) is 24.5 Å². The number of anilines is 1. The SMILES string of the molecule is O=C(Nc1ccc(OC(F)(F)F)cc1)Sc1ccc(Cl)s1. The highest BCUT2D eigenvalue weighted by atomic mass is 35.5. The minimum Gasteiger partial charge on any atom is -0.406 e. The lowest BCUT2D eigenvalue weighted by molar-refractivity contribution is -0.274. The van der Waals surface area contributed by atoms with E-state index in [9.17, 15) is 18.0 Å². The molecular formula is C12H7ClF3NO2S2. The van der Waals surface area contributed by atoms with E-state index >= 15 is 0 Å². The molecule has 21 heavy (non-hydrogen) atoms. The minimum absolute atomic E-state index is 0.349. The number of rotatable bonds is 3. The Morgan fingerprint density at radius 1 is 1.19 bits per heavy atom. The van der Waals surface area contributed by atoms with Crippen LogP contribution in [0.5, 0.6) is 5.75 Å². The maximum atomic E-state index is 12.0. The van der Waals surface area contributed by atoms with Gasteiger partial charge in [-0.2, -0.15) is 0 Å². The van der Waals surface area contributed by atoms with Gasteiger partial charge in [0, 0.05) is 5.69 Å². The Morgan fingerprint density at radius 2 is 1.86 bits per heavy atom. The van der Waals surface area contributed by atoms with Gasteiger partial charge in [0.05, 0.1) is 8.55 Å². The number of benzene rings is 1. The van der Waals surface area contributed by atoms with Gasteiger partial charge >= 0.3 is 6.36 Å². The number of thioether (sulfide) groups is 1. The van der Waals surface area contributed by atoms with Crippen LogP contribution >= 0.6 is 34.7 Å². The van der Waals surface area contributed by atoms with E-state index in [4.69, 9.17) is 11.6 Å². The quantitative estimate of drug-likeness (QED) is 0.727. The molecule has 0 aliphatic heterocycles. The van der Waals surface area contributed by atoms with Crippen molar-refractivity contribution in [2.24, 2.45) is 0 Å². The summed E-state index contributed by atoms with van der Waals surface area (Å²) in [5.41, 5.74) is 0.365. The highest BCUT2D eigenvalue weighted by Gasteiger charge is 2.30. The van der Waals surface area contributed by atoms with Crippen molar-refractivity contribution in [2.75, 3.05) is 5.32 Å². The van der Waals surface area contributed by atoms with Crippen LogP contribution in [-0.4, -0.2) is 11.6 Å². The second-order valence-electron chi connectivity index (χ2n) is 3.65. The lowest BCUT2D eigenvalue weighted by Gasteiger charge is -2.09. The molecule has 0 aliphatic rings. The van der Waals surface area contributed by atoms with E-state index in [-0.39, 0.29) is 11.0 Å². The van der Waals surface area contributed by atoms with Gasteiger partial charge in [-0.25, -0.2) is 0 Å². The first-order valence-corrected chi connectivity index (χ1v) is 7.43. The van der Waals surface area contributed by atoms with Gasteiger partial charge < -0.3 is 10.1 Å². The van der Waals surface area contributed by atoms with Gasteiger partial charge in [0.1, 0.15) is 5.75 Å². The molecule has 1 N–H and O–H groups in total. The molecule has 1 amide bonds. The maximum Gasteiger partial charge on any atom is 0.573 e. The molecule has 2 aromatic rings. The number of carbonyl (C=O) groups excluding carboxylic acids is 1. The van der Waals surface area contributed by atoms with E-state index in [1.54, 1.807) is 12.1 Å². The van der Waals surface area contributed by atoms with Crippen molar-refractivity contribution in [3.8, 4) is 5.75 Å². The van der Waals surface area contributed by atoms with E-state index in [0.717, 1.165) is 28.1 Å². The third-order valence-corrected chi connectivity index (χ3v) is 4.23. The summed E-state index contributed by atoms with van der Waals surface area (Å²) in [5.74, 6) is -0.349. The predicted molar refractivity (Wildman–Crippen MR) is 77.3 cm³/mol. The third kappa shape index (κ3) is 5.49. The van der Waals surface area contributed by atoms with Crippen molar-refractivity contribution in [2.45, 2.75) is 10.6 Å². The summed E-state index contributed by atoms with van der Waals surface area (Å²) in [6.45, 7) is 0. The second kappa shape index (κ2) is 6.59. The molecular weight excluding hydrogens is 347 g/mol. The number of hydrogen-bond acceptors (Lipinski definition) is 4. The van der Waals surface area contributed by atoms with E-state index in [1.807, 2.05) is 0 Å². The number of ether oxygens (including phenoxy) is 1. The van der Waals surface area contributed by atoms with Crippen LogP contribution in [0.4, 0.5) is 23.7 Å². The van der Waals surface area contributed by atoms with Gasteiger partial charge in [-0.1, -0.05) is 11.6 Å². The first-order chi connectivity index (χ1) is 9.82. The summed E-state index contributed by atoms with van der Waals surface area (Å²) in [5, 5.41) is 2.18. The van der Waals surface area contributed by atoms with Crippen LogP contribution in [0.3, 0.4) is 0 Å². The predicted octanol–water partition coefficient (Wildman–Crippen LogP) is 5.62. The summed E-state index contributed by atoms with van der Waals surface area (Å²) in [6, 6.07) is 8.26. The van der Waals surface area contributed by atoms with Crippen molar-refractivity contribution >= 4 is 45.6 Å². The van der Waals surface area contributed by atoms with Crippen LogP contribution in [-0.2, 0) is 0 Å². The minimum atomic E-state index is -4.74. The van der Waals surface area contributed by atoms with Gasteiger partial charge in [0.15, 0.2) is 0 Å². The van der Waals surface area contributed by atoms with Crippen LogP contribution in [0.1, 0.15) is 0 Å². The number of hydrogen-bond donors (Lipinski definition) is 1. The number of nitrogens with one attached hydrogen (secondary N) is 1. The molecule has 1 aromatic heterocycles. The molecule has 0 atom stereocenters. The fourth-order valence-corrected chi connectivity index (χ4v) is 3.39. The Bertz CT molecular complexity index is 628. The van der Waals surface area contributed by atoms with Crippen molar-refractivity contribution in [1.29, 1.82) is 0 Å². The summed E-state index contributed by atoms with van der Waals surface area (Å²) in [6.07, 6.45) is -4.74. The van der Waals surface area contributed by atoms with E-state index in [2.05, 4.69) is 10.1 Å². The smallest absolute Gasteiger partial charge is 0.406 e. The molecule has 0 saturated carbocycles. The topological polar surface area (TPSA) is 38.3 Å². The van der Waals surface area contributed by atoms with E-state index in [0.29, 0.717) is 10.0 Å². The summed E-state index contributed by atoms with van der Waals surface area (Å²) in [4.78, 5) is 11.7. The molecule has 1 aromatic carbocycles. The molecule has 2 rings (SSSR count). The van der Waals surface area contributed by atoms with Gasteiger partial charge in [-0.3, -0.25) is 4.79 Å². The fraction of sp³-hybridized carbons (Fsp3) is 0.0833. The lowest BCUT2D eigenvalue weighted by atomic mass is 10.3. The Balaban J connectivity index is 1.92.